The molecule has 0 unspecified atom stereocenters. The quantitative estimate of drug-likeness (QED) is 0.352. The number of halogens is 4. The van der Waals surface area contributed by atoms with Crippen molar-refractivity contribution in [1.29, 1.82) is 0 Å². The maximum Gasteiger partial charge on any atom is 0.405 e. The van der Waals surface area contributed by atoms with Crippen LogP contribution in [0.4, 0.5) is 24.0 Å². The van der Waals surface area contributed by atoms with E-state index >= 15 is 0 Å². The predicted molar refractivity (Wildman–Crippen MR) is 132 cm³/mol. The lowest BCUT2D eigenvalue weighted by Crippen LogP contribution is -2.21. The number of aromatic nitrogens is 1. The molecule has 2 heterocycles. The Morgan fingerprint density at radius 2 is 1.76 bits per heavy atom. The van der Waals surface area contributed by atoms with E-state index < -0.39 is 12.7 Å². The summed E-state index contributed by atoms with van der Waals surface area (Å²) >= 11 is 7.63. The molecule has 0 aliphatic carbocycles. The number of rotatable bonds is 6. The second-order valence-corrected chi connectivity index (χ2v) is 8.63. The molecule has 3 aromatic rings. The molecular weight excluding hydrogens is 469 g/mol. The van der Waals surface area contributed by atoms with Crippen LogP contribution in [0.15, 0.2) is 41.8 Å². The summed E-state index contributed by atoms with van der Waals surface area (Å²) in [5.74, 6) is 0. The van der Waals surface area contributed by atoms with Gasteiger partial charge in [-0.1, -0.05) is 55.8 Å². The van der Waals surface area contributed by atoms with E-state index in [1.165, 1.54) is 11.1 Å². The monoisotopic (exact) mass is 496 g/mol. The first-order valence-electron chi connectivity index (χ1n) is 11.0. The maximum atomic E-state index is 12.3. The number of hydrogen-bond donors (Lipinski definition) is 3. The van der Waals surface area contributed by atoms with Crippen LogP contribution in [-0.2, 0) is 19.4 Å². The maximum absolute atomic E-state index is 12.3. The highest BCUT2D eigenvalue weighted by atomic mass is 35.5. The predicted octanol–water partition coefficient (Wildman–Crippen LogP) is 6.76. The van der Waals surface area contributed by atoms with Crippen LogP contribution in [0.5, 0.6) is 0 Å². The highest BCUT2D eigenvalue weighted by Crippen LogP contribution is 2.31. The summed E-state index contributed by atoms with van der Waals surface area (Å²) in [6.07, 6.45) is -2.34. The van der Waals surface area contributed by atoms with E-state index in [2.05, 4.69) is 27.0 Å². The Bertz CT molecular complexity index is 1040. The van der Waals surface area contributed by atoms with Gasteiger partial charge in [-0.25, -0.2) is 4.98 Å². The van der Waals surface area contributed by atoms with E-state index in [9.17, 15) is 13.2 Å². The van der Waals surface area contributed by atoms with Crippen molar-refractivity contribution >= 4 is 33.8 Å². The fourth-order valence-electron chi connectivity index (χ4n) is 3.58. The summed E-state index contributed by atoms with van der Waals surface area (Å²) in [7, 11) is 0. The summed E-state index contributed by atoms with van der Waals surface area (Å²) in [6.45, 7) is 5.44. The van der Waals surface area contributed by atoms with Gasteiger partial charge in [0.15, 0.2) is 5.13 Å². The van der Waals surface area contributed by atoms with E-state index in [0.717, 1.165) is 59.1 Å². The summed E-state index contributed by atoms with van der Waals surface area (Å²) in [5, 5.41) is 11.9. The molecule has 0 amide bonds. The number of nitrogens with zero attached hydrogens (tertiary/aromatic N) is 1. The van der Waals surface area contributed by atoms with Crippen molar-refractivity contribution in [3.05, 3.63) is 63.5 Å². The molecule has 0 fully saturated rings. The molecule has 9 heteroatoms. The van der Waals surface area contributed by atoms with Gasteiger partial charge in [-0.15, -0.1) is 11.3 Å². The van der Waals surface area contributed by atoms with Gasteiger partial charge < -0.3 is 16.0 Å². The first-order valence-corrected chi connectivity index (χ1v) is 12.2. The Kier molecular flexibility index (Phi) is 9.00. The van der Waals surface area contributed by atoms with Crippen molar-refractivity contribution in [2.24, 2.45) is 0 Å². The second kappa shape index (κ2) is 11.7. The van der Waals surface area contributed by atoms with Crippen LogP contribution in [0.25, 0.3) is 11.3 Å². The molecule has 0 bridgehead atoms. The van der Waals surface area contributed by atoms with Gasteiger partial charge in [0.1, 0.15) is 6.54 Å². The van der Waals surface area contributed by atoms with Crippen molar-refractivity contribution in [1.82, 2.24) is 10.3 Å². The van der Waals surface area contributed by atoms with E-state index in [4.69, 9.17) is 11.6 Å². The summed E-state index contributed by atoms with van der Waals surface area (Å²) in [4.78, 5) is 4.24. The van der Waals surface area contributed by atoms with E-state index in [1.54, 1.807) is 5.38 Å². The zero-order chi connectivity index (χ0) is 23.8. The zero-order valence-corrected chi connectivity index (χ0v) is 20.2. The lowest BCUT2D eigenvalue weighted by molar-refractivity contribution is -0.115. The van der Waals surface area contributed by atoms with Gasteiger partial charge in [-0.2, -0.15) is 13.2 Å². The molecular formula is C24H28ClF3N4S. The minimum Gasteiger partial charge on any atom is -0.380 e. The Balaban J connectivity index is 0.00000149. The first-order chi connectivity index (χ1) is 15.9. The van der Waals surface area contributed by atoms with Gasteiger partial charge in [-0.3, -0.25) is 0 Å². The number of hydrogen-bond acceptors (Lipinski definition) is 5. The van der Waals surface area contributed by atoms with Crippen LogP contribution < -0.4 is 16.0 Å². The second-order valence-electron chi connectivity index (χ2n) is 7.37. The van der Waals surface area contributed by atoms with Crippen LogP contribution in [-0.4, -0.2) is 30.8 Å². The minimum absolute atomic E-state index is 0.256. The highest BCUT2D eigenvalue weighted by molar-refractivity contribution is 7.14. The van der Waals surface area contributed by atoms with E-state index in [-0.39, 0.29) is 5.13 Å². The van der Waals surface area contributed by atoms with Gasteiger partial charge >= 0.3 is 6.18 Å². The number of benzene rings is 2. The van der Waals surface area contributed by atoms with Crippen molar-refractivity contribution in [3.8, 4) is 11.3 Å². The zero-order valence-electron chi connectivity index (χ0n) is 18.7. The first kappa shape index (κ1) is 25.3. The highest BCUT2D eigenvalue weighted by Gasteiger charge is 2.27. The smallest absolute Gasteiger partial charge is 0.380 e. The third-order valence-corrected chi connectivity index (χ3v) is 6.26. The molecule has 1 aromatic heterocycles. The molecule has 0 radical (unpaired) electrons. The normalized spacial score (nSPS) is 13.4. The average Bonchev–Trinajstić information content (AvgIpc) is 3.16. The van der Waals surface area contributed by atoms with Crippen LogP contribution in [0, 0.1) is 0 Å². The van der Waals surface area contributed by atoms with Crippen molar-refractivity contribution in [2.75, 3.05) is 30.3 Å². The molecule has 0 saturated carbocycles. The molecule has 0 saturated heterocycles. The molecule has 4 nitrogen and oxygen atoms in total. The molecule has 0 spiro atoms. The fraction of sp³-hybridized carbons (Fsp3) is 0.375. The summed E-state index contributed by atoms with van der Waals surface area (Å²) in [5.41, 5.74) is 6.18. The lowest BCUT2D eigenvalue weighted by atomic mass is 10.0. The van der Waals surface area contributed by atoms with Gasteiger partial charge in [0, 0.05) is 17.5 Å². The average molecular weight is 497 g/mol. The molecule has 3 N–H and O–H groups in total. The molecule has 1 aliphatic heterocycles. The van der Waals surface area contributed by atoms with E-state index in [1.807, 2.05) is 44.2 Å². The molecule has 1 aliphatic rings. The van der Waals surface area contributed by atoms with Crippen LogP contribution in [0.2, 0.25) is 5.02 Å². The van der Waals surface area contributed by atoms with Crippen LogP contribution in [0.3, 0.4) is 0 Å². The minimum atomic E-state index is -4.27. The standard InChI is InChI=1S/C22H22ClF3N4S.C2H6/c23-18-6-5-15-7-9-27-10-8-17(15)20(18)28-11-14-1-3-16(4-2-14)19-12-31-21(30-19)29-13-22(24,25)26;1-2/h1-6,12,27-28H,7-11,13H2,(H,29,30);1-2H3. The Labute approximate surface area is 201 Å². The summed E-state index contributed by atoms with van der Waals surface area (Å²) in [6, 6.07) is 11.9. The Morgan fingerprint density at radius 1 is 1.03 bits per heavy atom. The van der Waals surface area contributed by atoms with Crippen molar-refractivity contribution in [3.63, 3.8) is 0 Å². The van der Waals surface area contributed by atoms with Gasteiger partial charge in [-0.05, 0) is 48.7 Å². The van der Waals surface area contributed by atoms with Gasteiger partial charge in [0.2, 0.25) is 0 Å². The molecule has 33 heavy (non-hydrogen) atoms. The molecule has 178 valence electrons. The largest absolute Gasteiger partial charge is 0.405 e. The third kappa shape index (κ3) is 7.09. The van der Waals surface area contributed by atoms with Crippen molar-refractivity contribution < 1.29 is 13.2 Å². The number of nitrogens with one attached hydrogen (secondary N) is 3. The number of alkyl halides is 3. The van der Waals surface area contributed by atoms with Gasteiger partial charge in [0.05, 0.1) is 16.4 Å². The topological polar surface area (TPSA) is 49.0 Å². The van der Waals surface area contributed by atoms with Gasteiger partial charge in [0.25, 0.3) is 0 Å². The lowest BCUT2D eigenvalue weighted by Gasteiger charge is -2.16. The van der Waals surface area contributed by atoms with Crippen LogP contribution in [0.1, 0.15) is 30.5 Å². The third-order valence-electron chi connectivity index (χ3n) is 5.15. The Hall–Kier alpha value is -2.29. The number of thiazole rings is 1. The van der Waals surface area contributed by atoms with Crippen molar-refractivity contribution in [2.45, 2.75) is 39.4 Å². The number of fused-ring (bicyclic) bond motifs is 1. The molecule has 0 atom stereocenters. The molecule has 4 rings (SSSR count). The molecule has 2 aromatic carbocycles. The van der Waals surface area contributed by atoms with Crippen LogP contribution >= 0.6 is 22.9 Å². The fourth-order valence-corrected chi connectivity index (χ4v) is 4.54. The van der Waals surface area contributed by atoms with E-state index in [0.29, 0.717) is 12.2 Å². The summed E-state index contributed by atoms with van der Waals surface area (Å²) < 4.78 is 37.0. The SMILES string of the molecule is CC.FC(F)(F)CNc1nc(-c2ccc(CNc3c(Cl)ccc4c3CCNCC4)cc2)cs1. The number of anilines is 2. The Morgan fingerprint density at radius 3 is 2.48 bits per heavy atom.